The van der Waals surface area contributed by atoms with Gasteiger partial charge in [-0.1, -0.05) is 341 Å². The van der Waals surface area contributed by atoms with Gasteiger partial charge in [0.15, 0.2) is 12.2 Å². The molecule has 3 unspecified atom stereocenters. The van der Waals surface area contributed by atoms with Gasteiger partial charge in [0, 0.05) is 25.7 Å². The first-order chi connectivity index (χ1) is 47.6. The van der Waals surface area contributed by atoms with Crippen molar-refractivity contribution in [3.05, 3.63) is 24.3 Å². The number of aliphatic hydroxyl groups is 1. The van der Waals surface area contributed by atoms with Crippen molar-refractivity contribution < 1.29 is 80.2 Å². The van der Waals surface area contributed by atoms with Crippen molar-refractivity contribution in [1.82, 2.24) is 0 Å². The molecule has 3 N–H and O–H groups in total. The summed E-state index contributed by atoms with van der Waals surface area (Å²) in [5.41, 5.74) is 0. The number of rotatable bonds is 77. The molecule has 0 aromatic rings. The lowest BCUT2D eigenvalue weighted by Crippen LogP contribution is -2.30. The minimum absolute atomic E-state index is 0.0844. The second-order valence-corrected chi connectivity index (χ2v) is 30.9. The Bertz CT molecular complexity index is 1970. The number of hydrogen-bond donors (Lipinski definition) is 3. The van der Waals surface area contributed by atoms with Crippen LogP contribution in [-0.2, 0) is 65.4 Å². The minimum Gasteiger partial charge on any atom is -0.462 e. The van der Waals surface area contributed by atoms with Gasteiger partial charge in [0.25, 0.3) is 0 Å². The largest absolute Gasteiger partial charge is 0.472 e. The summed E-state index contributed by atoms with van der Waals surface area (Å²) in [6.45, 7) is 7.21. The van der Waals surface area contributed by atoms with E-state index in [0.717, 1.165) is 115 Å². The van der Waals surface area contributed by atoms with Crippen LogP contribution in [0.1, 0.15) is 394 Å². The molecular weight excluding hydrogens is 1280 g/mol. The van der Waals surface area contributed by atoms with E-state index in [1.807, 2.05) is 0 Å². The molecule has 6 atom stereocenters. The number of allylic oxidation sites excluding steroid dienone is 4. The van der Waals surface area contributed by atoms with E-state index in [0.29, 0.717) is 25.7 Å². The zero-order valence-electron chi connectivity index (χ0n) is 63.4. The van der Waals surface area contributed by atoms with Crippen LogP contribution in [0.2, 0.25) is 0 Å². The third-order valence-electron chi connectivity index (χ3n) is 18.3. The van der Waals surface area contributed by atoms with E-state index in [1.54, 1.807) is 0 Å². The molecule has 0 amide bonds. The third kappa shape index (κ3) is 70.6. The number of unbranched alkanes of at least 4 members (excludes halogenated alkanes) is 45. The van der Waals surface area contributed by atoms with E-state index >= 15 is 0 Å². The monoisotopic (exact) mass is 1430 g/mol. The van der Waals surface area contributed by atoms with Gasteiger partial charge in [-0.2, -0.15) is 0 Å². The molecule has 0 aliphatic rings. The van der Waals surface area contributed by atoms with Crippen LogP contribution in [0.15, 0.2) is 24.3 Å². The summed E-state index contributed by atoms with van der Waals surface area (Å²) in [7, 11) is -9.92. The smallest absolute Gasteiger partial charge is 0.462 e. The summed E-state index contributed by atoms with van der Waals surface area (Å²) in [4.78, 5) is 72.6. The van der Waals surface area contributed by atoms with Crippen LogP contribution in [0.25, 0.3) is 0 Å². The molecule has 0 bridgehead atoms. The first-order valence-corrected chi connectivity index (χ1v) is 43.5. The lowest BCUT2D eigenvalue weighted by Gasteiger charge is -2.21. The van der Waals surface area contributed by atoms with Gasteiger partial charge >= 0.3 is 39.5 Å². The van der Waals surface area contributed by atoms with Gasteiger partial charge in [0.1, 0.15) is 19.3 Å². The van der Waals surface area contributed by atoms with Gasteiger partial charge < -0.3 is 33.8 Å². The number of carbonyl (C=O) groups is 4. The summed E-state index contributed by atoms with van der Waals surface area (Å²) in [5.74, 6) is -1.30. The highest BCUT2D eigenvalue weighted by Crippen LogP contribution is 2.45. The number of phosphoric ester groups is 2. The Morgan fingerprint density at radius 2 is 0.571 bits per heavy atom. The highest BCUT2D eigenvalue weighted by Gasteiger charge is 2.30. The third-order valence-corrected chi connectivity index (χ3v) is 20.2. The second kappa shape index (κ2) is 71.5. The molecule has 0 aliphatic carbocycles. The van der Waals surface area contributed by atoms with Crippen LogP contribution in [0.5, 0.6) is 0 Å². The van der Waals surface area contributed by atoms with Crippen molar-refractivity contribution in [3.63, 3.8) is 0 Å². The van der Waals surface area contributed by atoms with Crippen molar-refractivity contribution in [1.29, 1.82) is 0 Å². The summed E-state index contributed by atoms with van der Waals surface area (Å²) < 4.78 is 68.4. The van der Waals surface area contributed by atoms with E-state index in [1.165, 1.54) is 199 Å². The van der Waals surface area contributed by atoms with E-state index in [9.17, 15) is 43.2 Å². The Kier molecular flexibility index (Phi) is 69.7. The van der Waals surface area contributed by atoms with Crippen LogP contribution < -0.4 is 0 Å². The molecule has 0 saturated carbocycles. The van der Waals surface area contributed by atoms with Gasteiger partial charge in [0.05, 0.1) is 26.4 Å². The highest BCUT2D eigenvalue weighted by molar-refractivity contribution is 7.47. The standard InChI is InChI=1S/C79H150O17P2/c1-6-10-13-16-18-20-22-24-26-27-28-29-30-32-38-42-46-50-55-60-65-79(84)96-75(69-90-77(82)63-58-53-48-44-40-36-34-33-35-39-43-47-52-56-61-72(5)9-4)71-94-98(87,88)92-67-73(80)66-91-97(85,86)93-70-74(68-89-76(81)62-57-51-15-12-8-3)95-78(83)64-59-54-49-45-41-37-31-25-23-21-19-17-14-11-7-2/h21,23,25,31,72-75,80H,6-20,22,24,26-30,32-71H2,1-5H3,(H,85,86)(H,87,88)/b23-21-,31-25-/t72?,73-,74+,75+/m0/s1. The maximum atomic E-state index is 13.1. The Labute approximate surface area is 599 Å². The second-order valence-electron chi connectivity index (χ2n) is 28.0. The predicted molar refractivity (Wildman–Crippen MR) is 400 cm³/mol. The first-order valence-electron chi connectivity index (χ1n) is 40.5. The summed E-state index contributed by atoms with van der Waals surface area (Å²) in [6, 6.07) is 0. The molecule has 0 aromatic heterocycles. The van der Waals surface area contributed by atoms with Crippen LogP contribution >= 0.6 is 15.6 Å². The fourth-order valence-corrected chi connectivity index (χ4v) is 13.2. The van der Waals surface area contributed by atoms with Gasteiger partial charge in [-0.15, -0.1) is 0 Å². The molecule has 0 spiro atoms. The van der Waals surface area contributed by atoms with Crippen molar-refractivity contribution in [2.45, 2.75) is 412 Å². The van der Waals surface area contributed by atoms with Gasteiger partial charge in [-0.3, -0.25) is 37.3 Å². The number of ether oxygens (including phenoxy) is 4. The Morgan fingerprint density at radius 1 is 0.327 bits per heavy atom. The normalized spacial score (nSPS) is 14.3. The molecular formula is C79H150O17P2. The quantitative estimate of drug-likeness (QED) is 0.0169. The topological polar surface area (TPSA) is 237 Å². The fraction of sp³-hybridized carbons (Fsp3) is 0.899. The van der Waals surface area contributed by atoms with Crippen LogP contribution in [0, 0.1) is 5.92 Å². The molecule has 0 heterocycles. The number of aliphatic hydroxyl groups excluding tert-OH is 1. The molecule has 0 fully saturated rings. The van der Waals surface area contributed by atoms with E-state index in [2.05, 4.69) is 58.9 Å². The lowest BCUT2D eigenvalue weighted by atomic mass is 9.99. The minimum atomic E-state index is -4.96. The average Bonchev–Trinajstić information content (AvgIpc) is 2.19. The molecule has 0 radical (unpaired) electrons. The average molecular weight is 1430 g/mol. The Balaban J connectivity index is 5.16. The summed E-state index contributed by atoms with van der Waals surface area (Å²) >= 11 is 0. The summed E-state index contributed by atoms with van der Waals surface area (Å²) in [6.07, 6.45) is 65.1. The first kappa shape index (κ1) is 95.5. The van der Waals surface area contributed by atoms with Gasteiger partial charge in [-0.25, -0.2) is 9.13 Å². The van der Waals surface area contributed by atoms with Crippen molar-refractivity contribution in [2.75, 3.05) is 39.6 Å². The van der Waals surface area contributed by atoms with Gasteiger partial charge in [-0.05, 0) is 57.3 Å². The maximum absolute atomic E-state index is 13.1. The predicted octanol–water partition coefficient (Wildman–Crippen LogP) is 23.2. The molecule has 0 aromatic carbocycles. The number of hydrogen-bond acceptors (Lipinski definition) is 15. The molecule has 578 valence electrons. The molecule has 0 rings (SSSR count). The molecule has 17 nitrogen and oxygen atoms in total. The zero-order chi connectivity index (χ0) is 71.9. The SMILES string of the molecule is CCCCCC/C=C\C=C/CCCCCCCC(=O)O[C@H](COC(=O)CCCCCCC)COP(=O)(O)OC[C@H](O)COP(=O)(O)OC[C@@H](COC(=O)CCCCCCCCCCCCCCCCC(C)CC)OC(=O)CCCCCCCCCCCCCCCCCCCCCC. The molecule has 98 heavy (non-hydrogen) atoms. The number of carbonyl (C=O) groups excluding carboxylic acids is 4. The molecule has 19 heteroatoms. The van der Waals surface area contributed by atoms with Crippen LogP contribution in [0.3, 0.4) is 0 Å². The summed E-state index contributed by atoms with van der Waals surface area (Å²) in [5, 5.41) is 10.6. The molecule has 0 aliphatic heterocycles. The lowest BCUT2D eigenvalue weighted by molar-refractivity contribution is -0.161. The van der Waals surface area contributed by atoms with Crippen LogP contribution in [-0.4, -0.2) is 96.7 Å². The van der Waals surface area contributed by atoms with E-state index < -0.39 is 97.5 Å². The Hall–Kier alpha value is -2.46. The fourth-order valence-electron chi connectivity index (χ4n) is 11.7. The molecule has 0 saturated heterocycles. The van der Waals surface area contributed by atoms with Crippen molar-refractivity contribution in [3.8, 4) is 0 Å². The highest BCUT2D eigenvalue weighted by atomic mass is 31.2. The number of esters is 4. The zero-order valence-corrected chi connectivity index (χ0v) is 65.2. The van der Waals surface area contributed by atoms with Crippen molar-refractivity contribution >= 4 is 39.5 Å². The number of phosphoric acid groups is 2. The van der Waals surface area contributed by atoms with Crippen molar-refractivity contribution in [2.24, 2.45) is 5.92 Å². The van der Waals surface area contributed by atoms with E-state index in [-0.39, 0.29) is 25.7 Å². The van der Waals surface area contributed by atoms with Crippen LogP contribution in [0.4, 0.5) is 0 Å². The maximum Gasteiger partial charge on any atom is 0.472 e. The Morgan fingerprint density at radius 3 is 0.867 bits per heavy atom. The van der Waals surface area contributed by atoms with Gasteiger partial charge in [0.2, 0.25) is 0 Å². The van der Waals surface area contributed by atoms with E-state index in [4.69, 9.17) is 37.0 Å².